The van der Waals surface area contributed by atoms with Crippen molar-refractivity contribution in [2.75, 3.05) is 20.1 Å². The van der Waals surface area contributed by atoms with Gasteiger partial charge in [0.2, 0.25) is 0 Å². The molecule has 3 aromatic rings. The maximum Gasteiger partial charge on any atom is 0.276 e. The molecule has 8 nitrogen and oxygen atoms in total. The summed E-state index contributed by atoms with van der Waals surface area (Å²) in [6, 6.07) is 9.97. The van der Waals surface area contributed by atoms with E-state index < -0.39 is 0 Å². The van der Waals surface area contributed by atoms with Crippen LogP contribution < -0.4 is 5.32 Å². The number of hydrogen-bond donors (Lipinski definition) is 2. The highest BCUT2D eigenvalue weighted by Crippen LogP contribution is 2.22. The second kappa shape index (κ2) is 8.35. The molecule has 0 unspecified atom stereocenters. The van der Waals surface area contributed by atoms with E-state index in [4.69, 9.17) is 0 Å². The van der Waals surface area contributed by atoms with Crippen molar-refractivity contribution in [3.05, 3.63) is 54.0 Å². The molecular weight excluding hydrogens is 354 g/mol. The van der Waals surface area contributed by atoms with E-state index in [0.717, 1.165) is 36.5 Å². The summed E-state index contributed by atoms with van der Waals surface area (Å²) < 4.78 is 1.78. The van der Waals surface area contributed by atoms with Crippen LogP contribution in [0.2, 0.25) is 0 Å². The number of aromatic amines is 1. The molecule has 1 saturated heterocycles. The fourth-order valence-corrected chi connectivity index (χ4v) is 3.64. The van der Waals surface area contributed by atoms with Crippen LogP contribution in [0.3, 0.4) is 0 Å². The lowest BCUT2D eigenvalue weighted by atomic mass is 10.00. The van der Waals surface area contributed by atoms with Crippen molar-refractivity contribution in [1.29, 1.82) is 0 Å². The molecule has 1 amide bonds. The van der Waals surface area contributed by atoms with Crippen molar-refractivity contribution in [2.45, 2.75) is 25.9 Å². The number of carbonyl (C=O) groups excluding carboxylic acids is 1. The van der Waals surface area contributed by atoms with E-state index in [1.165, 1.54) is 12.8 Å². The van der Waals surface area contributed by atoms with Gasteiger partial charge in [-0.1, -0.05) is 35.5 Å². The third kappa shape index (κ3) is 4.12. The van der Waals surface area contributed by atoms with Crippen molar-refractivity contribution in [2.24, 2.45) is 5.92 Å². The van der Waals surface area contributed by atoms with Crippen LogP contribution in [-0.4, -0.2) is 56.1 Å². The van der Waals surface area contributed by atoms with Crippen LogP contribution in [-0.2, 0) is 13.1 Å². The van der Waals surface area contributed by atoms with E-state index >= 15 is 0 Å². The number of H-pyrrole nitrogens is 1. The molecule has 0 bridgehead atoms. The Morgan fingerprint density at radius 3 is 2.96 bits per heavy atom. The van der Waals surface area contributed by atoms with Gasteiger partial charge in [0.15, 0.2) is 5.69 Å². The van der Waals surface area contributed by atoms with Crippen molar-refractivity contribution in [3.63, 3.8) is 0 Å². The van der Waals surface area contributed by atoms with Crippen LogP contribution in [0, 0.1) is 5.92 Å². The first-order chi connectivity index (χ1) is 13.7. The lowest BCUT2D eigenvalue weighted by molar-refractivity contribution is 0.0779. The average Bonchev–Trinajstić information content (AvgIpc) is 3.38. The number of carbonyl (C=O) groups is 1. The largest absolute Gasteiger partial charge is 0.336 e. The molecule has 2 aromatic heterocycles. The van der Waals surface area contributed by atoms with Crippen molar-refractivity contribution in [3.8, 4) is 11.3 Å². The smallest absolute Gasteiger partial charge is 0.276 e. The number of rotatable bonds is 6. The van der Waals surface area contributed by atoms with Gasteiger partial charge in [0.25, 0.3) is 5.91 Å². The van der Waals surface area contributed by atoms with Gasteiger partial charge in [0, 0.05) is 25.7 Å². The molecule has 28 heavy (non-hydrogen) atoms. The Morgan fingerprint density at radius 2 is 2.18 bits per heavy atom. The summed E-state index contributed by atoms with van der Waals surface area (Å²) in [5.41, 5.74) is 3.30. The number of benzene rings is 1. The minimum atomic E-state index is -0.145. The molecule has 2 N–H and O–H groups in total. The molecule has 0 saturated carbocycles. The minimum absolute atomic E-state index is 0.145. The molecule has 0 spiro atoms. The van der Waals surface area contributed by atoms with E-state index in [9.17, 15) is 4.79 Å². The Balaban J connectivity index is 1.41. The van der Waals surface area contributed by atoms with Gasteiger partial charge in [-0.05, 0) is 37.4 Å². The van der Waals surface area contributed by atoms with Gasteiger partial charge in [-0.15, -0.1) is 5.10 Å². The van der Waals surface area contributed by atoms with Crippen LogP contribution in [0.1, 0.15) is 28.9 Å². The Bertz CT molecular complexity index is 912. The standard InChI is InChI=1S/C20H25N7O/c1-26(13-17-11-22-24-19(17)16-7-3-2-4-8-16)20(28)18-14-27(25-23-18)12-15-6-5-9-21-10-15/h2-4,7-8,11,14-15,21H,5-6,9-10,12-13H2,1H3,(H,22,24)/t15-/m1/s1. The Kier molecular flexibility index (Phi) is 5.48. The summed E-state index contributed by atoms with van der Waals surface area (Å²) in [5, 5.41) is 18.8. The predicted molar refractivity (Wildman–Crippen MR) is 105 cm³/mol. The Hall–Kier alpha value is -3.00. The van der Waals surface area contributed by atoms with Gasteiger partial charge in [-0.3, -0.25) is 14.6 Å². The van der Waals surface area contributed by atoms with Crippen molar-refractivity contribution in [1.82, 2.24) is 35.4 Å². The maximum absolute atomic E-state index is 12.8. The highest BCUT2D eigenvalue weighted by molar-refractivity contribution is 5.91. The minimum Gasteiger partial charge on any atom is -0.336 e. The number of piperidine rings is 1. The zero-order valence-corrected chi connectivity index (χ0v) is 16.0. The first kappa shape index (κ1) is 18.4. The number of hydrogen-bond acceptors (Lipinski definition) is 5. The van der Waals surface area contributed by atoms with Gasteiger partial charge in [-0.25, -0.2) is 0 Å². The third-order valence-electron chi connectivity index (χ3n) is 5.14. The molecule has 3 heterocycles. The van der Waals surface area contributed by atoms with Crippen LogP contribution in [0.5, 0.6) is 0 Å². The molecule has 146 valence electrons. The second-order valence-electron chi connectivity index (χ2n) is 7.34. The van der Waals surface area contributed by atoms with Gasteiger partial charge >= 0.3 is 0 Å². The summed E-state index contributed by atoms with van der Waals surface area (Å²) in [7, 11) is 1.77. The summed E-state index contributed by atoms with van der Waals surface area (Å²) in [6.45, 7) is 3.31. The van der Waals surface area contributed by atoms with Gasteiger partial charge < -0.3 is 10.2 Å². The molecule has 4 rings (SSSR count). The Labute approximate surface area is 163 Å². The second-order valence-corrected chi connectivity index (χ2v) is 7.34. The number of nitrogens with one attached hydrogen (secondary N) is 2. The van der Waals surface area contributed by atoms with E-state index in [1.807, 2.05) is 30.3 Å². The van der Waals surface area contributed by atoms with E-state index in [1.54, 1.807) is 29.0 Å². The first-order valence-corrected chi connectivity index (χ1v) is 9.64. The van der Waals surface area contributed by atoms with E-state index in [0.29, 0.717) is 18.2 Å². The lowest BCUT2D eigenvalue weighted by Gasteiger charge is -2.22. The topological polar surface area (TPSA) is 91.7 Å². The van der Waals surface area contributed by atoms with Crippen LogP contribution >= 0.6 is 0 Å². The molecule has 1 aliphatic rings. The quantitative estimate of drug-likeness (QED) is 0.683. The van der Waals surface area contributed by atoms with Crippen molar-refractivity contribution >= 4 is 5.91 Å². The Morgan fingerprint density at radius 1 is 1.32 bits per heavy atom. The average molecular weight is 379 g/mol. The molecule has 1 atom stereocenters. The highest BCUT2D eigenvalue weighted by Gasteiger charge is 2.20. The number of amides is 1. The third-order valence-corrected chi connectivity index (χ3v) is 5.14. The number of aromatic nitrogens is 5. The molecular formula is C20H25N7O. The van der Waals surface area contributed by atoms with Crippen LogP contribution in [0.4, 0.5) is 0 Å². The monoisotopic (exact) mass is 379 g/mol. The SMILES string of the molecule is CN(Cc1cn[nH]c1-c1ccccc1)C(=O)c1cn(C[C@@H]2CCCNC2)nn1. The fraction of sp³-hybridized carbons (Fsp3) is 0.400. The summed E-state index contributed by atoms with van der Waals surface area (Å²) in [5.74, 6) is 0.392. The zero-order valence-electron chi connectivity index (χ0n) is 16.0. The van der Waals surface area contributed by atoms with Crippen LogP contribution in [0.15, 0.2) is 42.7 Å². The molecule has 1 fully saturated rings. The van der Waals surface area contributed by atoms with Gasteiger partial charge in [0.05, 0.1) is 18.1 Å². The normalized spacial score (nSPS) is 16.8. The van der Waals surface area contributed by atoms with Gasteiger partial charge in [-0.2, -0.15) is 5.10 Å². The molecule has 8 heteroatoms. The summed E-state index contributed by atoms with van der Waals surface area (Å²) >= 11 is 0. The molecule has 0 radical (unpaired) electrons. The lowest BCUT2D eigenvalue weighted by Crippen LogP contribution is -2.32. The first-order valence-electron chi connectivity index (χ1n) is 9.64. The highest BCUT2D eigenvalue weighted by atomic mass is 16.2. The maximum atomic E-state index is 12.8. The van der Waals surface area contributed by atoms with Crippen LogP contribution in [0.25, 0.3) is 11.3 Å². The van der Waals surface area contributed by atoms with E-state index in [-0.39, 0.29) is 5.91 Å². The summed E-state index contributed by atoms with van der Waals surface area (Å²) in [6.07, 6.45) is 5.88. The number of nitrogens with zero attached hydrogens (tertiary/aromatic N) is 5. The van der Waals surface area contributed by atoms with Crippen molar-refractivity contribution < 1.29 is 4.79 Å². The molecule has 1 aromatic carbocycles. The molecule has 1 aliphatic heterocycles. The van der Waals surface area contributed by atoms with E-state index in [2.05, 4.69) is 25.8 Å². The van der Waals surface area contributed by atoms with Gasteiger partial charge in [0.1, 0.15) is 0 Å². The summed E-state index contributed by atoms with van der Waals surface area (Å²) in [4.78, 5) is 14.4. The molecule has 0 aliphatic carbocycles. The predicted octanol–water partition coefficient (Wildman–Crippen LogP) is 1.94. The zero-order chi connectivity index (χ0) is 19.3. The fourth-order valence-electron chi connectivity index (χ4n) is 3.64.